The zero-order valence-electron chi connectivity index (χ0n) is 17.8. The Morgan fingerprint density at radius 1 is 0.700 bits per heavy atom. The zero-order valence-corrected chi connectivity index (χ0v) is 19.9. The average molecular weight is 538 g/mol. The summed E-state index contributed by atoms with van der Waals surface area (Å²) in [5.41, 5.74) is 1.20. The Bertz CT molecular complexity index is 644. The van der Waals surface area contributed by atoms with Gasteiger partial charge in [0.05, 0.1) is 3.92 Å². The van der Waals surface area contributed by atoms with Gasteiger partial charge in [-0.25, -0.2) is 17.6 Å². The van der Waals surface area contributed by atoms with E-state index in [1.165, 1.54) is 24.8 Å². The van der Waals surface area contributed by atoms with E-state index in [1.807, 2.05) is 28.7 Å². The van der Waals surface area contributed by atoms with Crippen LogP contribution in [0, 0.1) is 29.6 Å². The molecule has 0 aromatic rings. The molecule has 0 nitrogen and oxygen atoms in total. The van der Waals surface area contributed by atoms with Crippen molar-refractivity contribution >= 4 is 22.6 Å². The molecule has 0 heterocycles. The van der Waals surface area contributed by atoms with Crippen LogP contribution >= 0.6 is 22.6 Å². The van der Waals surface area contributed by atoms with Gasteiger partial charge in [-0.3, -0.25) is 0 Å². The molecule has 0 aromatic heterocycles. The van der Waals surface area contributed by atoms with Crippen LogP contribution in [0.4, 0.5) is 17.6 Å². The molecule has 0 aromatic carbocycles. The molecule has 4 rings (SSSR count). The maximum atomic E-state index is 15.0. The summed E-state index contributed by atoms with van der Waals surface area (Å²) in [7, 11) is 0. The van der Waals surface area contributed by atoms with Gasteiger partial charge >= 0.3 is 0 Å². The topological polar surface area (TPSA) is 0 Å². The predicted octanol–water partition coefficient (Wildman–Crippen LogP) is 8.75. The molecule has 6 atom stereocenters. The van der Waals surface area contributed by atoms with Gasteiger partial charge in [0, 0.05) is 11.8 Å². The highest BCUT2D eigenvalue weighted by atomic mass is 127. The second-order valence-electron chi connectivity index (χ2n) is 10.2. The Balaban J connectivity index is 1.32. The van der Waals surface area contributed by atoms with Crippen molar-refractivity contribution in [1.29, 1.82) is 0 Å². The third-order valence-corrected chi connectivity index (χ3v) is 9.63. The molecule has 170 valence electrons. The molecule has 3 saturated carbocycles. The second kappa shape index (κ2) is 10.2. The lowest BCUT2D eigenvalue weighted by molar-refractivity contribution is 0.00442. The highest BCUT2D eigenvalue weighted by molar-refractivity contribution is 14.1. The quantitative estimate of drug-likeness (QED) is 0.146. The summed E-state index contributed by atoms with van der Waals surface area (Å²) in [5, 5.41) is 0. The van der Waals surface area contributed by atoms with Gasteiger partial charge < -0.3 is 0 Å². The van der Waals surface area contributed by atoms with Crippen molar-refractivity contribution in [2.24, 2.45) is 29.6 Å². The number of allylic oxidation sites excluding steroid dienone is 4. The molecular formula is C25H35F4I. The first-order valence-electron chi connectivity index (χ1n) is 12.1. The first-order chi connectivity index (χ1) is 14.5. The van der Waals surface area contributed by atoms with E-state index in [1.54, 1.807) is 0 Å². The van der Waals surface area contributed by atoms with E-state index in [9.17, 15) is 17.6 Å². The monoisotopic (exact) mass is 538 g/mol. The normalized spacial score (nSPS) is 41.8. The summed E-state index contributed by atoms with van der Waals surface area (Å²) in [5.74, 6) is -1.22. The van der Waals surface area contributed by atoms with E-state index in [0.29, 0.717) is 12.3 Å². The molecule has 4 aliphatic carbocycles. The molecule has 4 aliphatic rings. The number of hydrogen-bond donors (Lipinski definition) is 0. The van der Waals surface area contributed by atoms with E-state index in [-0.39, 0.29) is 27.6 Å². The summed E-state index contributed by atoms with van der Waals surface area (Å²) in [6, 6.07) is 0. The van der Waals surface area contributed by atoms with Crippen molar-refractivity contribution in [3.63, 3.8) is 0 Å². The molecule has 0 amide bonds. The Labute approximate surface area is 192 Å². The molecule has 6 unspecified atom stereocenters. The van der Waals surface area contributed by atoms with Gasteiger partial charge in [0.25, 0.3) is 0 Å². The third kappa shape index (κ3) is 4.96. The largest absolute Gasteiger partial charge is 0.244 e. The molecule has 0 aliphatic heterocycles. The maximum absolute atomic E-state index is 15.0. The SMILES string of the molecule is FC1=C(F)C(C2CCC(=CC3CCC(C4CCCCC4)C(F)C3F)CC2)CCC1I. The van der Waals surface area contributed by atoms with Crippen LogP contribution < -0.4 is 0 Å². The molecule has 3 fully saturated rings. The number of alkyl halides is 3. The number of halogens is 5. The minimum absolute atomic E-state index is 0.0941. The minimum Gasteiger partial charge on any atom is -0.244 e. The van der Waals surface area contributed by atoms with Gasteiger partial charge in [-0.2, -0.15) is 0 Å². The number of rotatable bonds is 3. The van der Waals surface area contributed by atoms with Crippen LogP contribution in [0.1, 0.15) is 83.5 Å². The van der Waals surface area contributed by atoms with Crippen LogP contribution in [0.5, 0.6) is 0 Å². The number of hydrogen-bond acceptors (Lipinski definition) is 0. The molecule has 0 spiro atoms. The summed E-state index contributed by atoms with van der Waals surface area (Å²) in [6.45, 7) is 0. The summed E-state index contributed by atoms with van der Waals surface area (Å²) in [6.07, 6.45) is 11.3. The van der Waals surface area contributed by atoms with Gasteiger partial charge in [0.15, 0.2) is 0 Å². The molecule has 5 heteroatoms. The van der Waals surface area contributed by atoms with Crippen molar-refractivity contribution in [2.45, 2.75) is 99.7 Å². The van der Waals surface area contributed by atoms with Crippen LogP contribution in [0.15, 0.2) is 23.3 Å². The fourth-order valence-electron chi connectivity index (χ4n) is 6.64. The summed E-state index contributed by atoms with van der Waals surface area (Å²) in [4.78, 5) is 0. The van der Waals surface area contributed by atoms with E-state index >= 15 is 0 Å². The van der Waals surface area contributed by atoms with Crippen LogP contribution in [0.2, 0.25) is 0 Å². The second-order valence-corrected chi connectivity index (χ2v) is 11.7. The summed E-state index contributed by atoms with van der Waals surface area (Å²) >= 11 is 1.98. The third-order valence-electron chi connectivity index (χ3n) is 8.46. The predicted molar refractivity (Wildman–Crippen MR) is 122 cm³/mol. The van der Waals surface area contributed by atoms with Crippen molar-refractivity contribution < 1.29 is 17.6 Å². The van der Waals surface area contributed by atoms with Crippen LogP contribution in [0.3, 0.4) is 0 Å². The lowest BCUT2D eigenvalue weighted by Crippen LogP contribution is -2.41. The van der Waals surface area contributed by atoms with E-state index in [4.69, 9.17) is 0 Å². The van der Waals surface area contributed by atoms with Gasteiger partial charge in [-0.1, -0.05) is 66.3 Å². The van der Waals surface area contributed by atoms with Crippen LogP contribution in [-0.4, -0.2) is 16.3 Å². The Morgan fingerprint density at radius 3 is 2.10 bits per heavy atom. The standard InChI is InChI=1S/C25H35F4I/c26-22-18(10-11-19(23(22)27)16-4-2-1-3-5-16)14-15-6-8-17(9-7-15)20-12-13-21(30)25(29)24(20)28/h14,16-23H,1-13H2. The lowest BCUT2D eigenvalue weighted by atomic mass is 9.68. The Hall–Kier alpha value is -0.0700. The molecule has 30 heavy (non-hydrogen) atoms. The van der Waals surface area contributed by atoms with Crippen molar-refractivity contribution in [2.75, 3.05) is 0 Å². The van der Waals surface area contributed by atoms with Gasteiger partial charge in [-0.05, 0) is 69.1 Å². The minimum atomic E-state index is -1.38. The highest BCUT2D eigenvalue weighted by Crippen LogP contribution is 2.47. The van der Waals surface area contributed by atoms with Gasteiger partial charge in [0.1, 0.15) is 24.0 Å². The smallest absolute Gasteiger partial charge is 0.144 e. The Morgan fingerprint density at radius 2 is 1.40 bits per heavy atom. The van der Waals surface area contributed by atoms with Crippen LogP contribution in [-0.2, 0) is 0 Å². The average Bonchev–Trinajstić information content (AvgIpc) is 2.77. The van der Waals surface area contributed by atoms with E-state index in [0.717, 1.165) is 57.8 Å². The van der Waals surface area contributed by atoms with Crippen molar-refractivity contribution in [1.82, 2.24) is 0 Å². The van der Waals surface area contributed by atoms with Crippen LogP contribution in [0.25, 0.3) is 0 Å². The van der Waals surface area contributed by atoms with E-state index < -0.39 is 24.0 Å². The van der Waals surface area contributed by atoms with Crippen molar-refractivity contribution in [3.8, 4) is 0 Å². The molecule has 0 radical (unpaired) electrons. The lowest BCUT2D eigenvalue weighted by Gasteiger charge is -2.40. The first-order valence-corrected chi connectivity index (χ1v) is 13.4. The molecule has 0 N–H and O–H groups in total. The molecule has 0 bridgehead atoms. The molecule has 0 saturated heterocycles. The maximum Gasteiger partial charge on any atom is 0.144 e. The van der Waals surface area contributed by atoms with Gasteiger partial charge in [0.2, 0.25) is 0 Å². The fourth-order valence-corrected chi connectivity index (χ4v) is 7.30. The fraction of sp³-hybridized carbons (Fsp3) is 0.840. The zero-order chi connectivity index (χ0) is 21.3. The van der Waals surface area contributed by atoms with Gasteiger partial charge in [-0.15, -0.1) is 0 Å². The molecular weight excluding hydrogens is 503 g/mol. The highest BCUT2D eigenvalue weighted by Gasteiger charge is 2.43. The first kappa shape index (κ1) is 23.1. The summed E-state index contributed by atoms with van der Waals surface area (Å²) < 4.78 is 58.1. The van der Waals surface area contributed by atoms with E-state index in [2.05, 4.69) is 0 Å². The van der Waals surface area contributed by atoms with Crippen molar-refractivity contribution in [3.05, 3.63) is 23.3 Å². The Kier molecular flexibility index (Phi) is 7.89.